The van der Waals surface area contributed by atoms with Crippen molar-refractivity contribution in [2.45, 2.75) is 36.0 Å². The predicted molar refractivity (Wildman–Crippen MR) is 70.3 cm³/mol. The monoisotopic (exact) mass is 283 g/mol. The molecule has 5 nitrogen and oxygen atoms in total. The maximum Gasteiger partial charge on any atom is 0.327 e. The molecule has 0 aliphatic heterocycles. The molecule has 0 bridgehead atoms. The number of hydrogen-bond acceptors (Lipinski definition) is 5. The predicted octanol–water partition coefficient (Wildman–Crippen LogP) is 0.802. The molecular formula is C13H17NO4S. The van der Waals surface area contributed by atoms with Gasteiger partial charge in [-0.25, -0.2) is 8.42 Å². The van der Waals surface area contributed by atoms with Gasteiger partial charge in [-0.3, -0.25) is 4.79 Å². The summed E-state index contributed by atoms with van der Waals surface area (Å²) in [4.78, 5) is 11.9. The summed E-state index contributed by atoms with van der Waals surface area (Å²) in [5, 5.41) is -0.887. The summed E-state index contributed by atoms with van der Waals surface area (Å²) in [5.74, 6) is -0.643. The van der Waals surface area contributed by atoms with Crippen molar-refractivity contribution in [3.8, 4) is 0 Å². The van der Waals surface area contributed by atoms with Gasteiger partial charge in [-0.1, -0.05) is 17.7 Å². The van der Waals surface area contributed by atoms with Gasteiger partial charge in [0, 0.05) is 0 Å². The first-order valence-electron chi connectivity index (χ1n) is 6.09. The van der Waals surface area contributed by atoms with E-state index < -0.39 is 26.6 Å². The third-order valence-electron chi connectivity index (χ3n) is 3.32. The summed E-state index contributed by atoms with van der Waals surface area (Å²) >= 11 is 0. The molecule has 1 fully saturated rings. The summed E-state index contributed by atoms with van der Waals surface area (Å²) in [6.07, 6.45) is 0.113. The third-order valence-corrected chi connectivity index (χ3v) is 5.58. The lowest BCUT2D eigenvalue weighted by atomic mass is 10.2. The Balaban J connectivity index is 2.24. The minimum atomic E-state index is -3.58. The Hall–Kier alpha value is -1.40. The molecule has 1 aromatic rings. The Morgan fingerprint density at radius 3 is 2.53 bits per heavy atom. The second-order valence-corrected chi connectivity index (χ2v) is 6.94. The van der Waals surface area contributed by atoms with E-state index in [1.54, 1.807) is 19.1 Å². The van der Waals surface area contributed by atoms with E-state index in [1.165, 1.54) is 12.1 Å². The molecule has 104 valence electrons. The van der Waals surface area contributed by atoms with Crippen molar-refractivity contribution in [1.82, 2.24) is 0 Å². The highest BCUT2D eigenvalue weighted by Gasteiger charge is 2.65. The van der Waals surface area contributed by atoms with E-state index >= 15 is 0 Å². The van der Waals surface area contributed by atoms with Crippen LogP contribution >= 0.6 is 0 Å². The highest BCUT2D eigenvalue weighted by atomic mass is 32.2. The molecule has 19 heavy (non-hydrogen) atoms. The number of ether oxygens (including phenoxy) is 1. The lowest BCUT2D eigenvalue weighted by molar-refractivity contribution is -0.145. The van der Waals surface area contributed by atoms with Crippen LogP contribution < -0.4 is 5.73 Å². The largest absolute Gasteiger partial charge is 0.465 e. The van der Waals surface area contributed by atoms with Gasteiger partial charge in [0.05, 0.1) is 16.8 Å². The number of aryl methyl sites for hydroxylation is 1. The number of carbonyl (C=O) groups is 1. The minimum absolute atomic E-state index is 0.113. The summed E-state index contributed by atoms with van der Waals surface area (Å²) in [6, 6.07) is 6.51. The fourth-order valence-corrected chi connectivity index (χ4v) is 4.00. The van der Waals surface area contributed by atoms with Crippen LogP contribution in [-0.2, 0) is 19.4 Å². The maximum absolute atomic E-state index is 12.3. The van der Waals surface area contributed by atoms with Gasteiger partial charge in [0.2, 0.25) is 0 Å². The van der Waals surface area contributed by atoms with Gasteiger partial charge in [0.1, 0.15) is 5.54 Å². The highest BCUT2D eigenvalue weighted by molar-refractivity contribution is 7.92. The Morgan fingerprint density at radius 1 is 1.42 bits per heavy atom. The first kappa shape index (κ1) is 14.0. The molecule has 6 heteroatoms. The molecule has 2 N–H and O–H groups in total. The molecule has 0 spiro atoms. The lowest BCUT2D eigenvalue weighted by Gasteiger charge is -2.11. The molecule has 1 aliphatic carbocycles. The maximum atomic E-state index is 12.3. The number of carbonyl (C=O) groups excluding carboxylic acids is 1. The standard InChI is InChI=1S/C13H17NO4S/c1-3-18-12(15)13(14)8-11(13)19(16,17)10-6-4-9(2)5-7-10/h4-7,11H,3,8,14H2,1-2H3/t11-,13+/m1/s1. The van der Waals surface area contributed by atoms with E-state index in [0.717, 1.165) is 5.56 Å². The molecule has 0 saturated heterocycles. The zero-order chi connectivity index (χ0) is 14.3. The molecule has 0 heterocycles. The average Bonchev–Trinajstić information content (AvgIpc) is 3.05. The molecule has 0 radical (unpaired) electrons. The molecule has 1 saturated carbocycles. The number of benzene rings is 1. The van der Waals surface area contributed by atoms with E-state index in [1.807, 2.05) is 6.92 Å². The number of sulfone groups is 1. The van der Waals surface area contributed by atoms with E-state index in [9.17, 15) is 13.2 Å². The van der Waals surface area contributed by atoms with Crippen LogP contribution in [0.5, 0.6) is 0 Å². The summed E-state index contributed by atoms with van der Waals surface area (Å²) in [7, 11) is -3.58. The van der Waals surface area contributed by atoms with E-state index in [2.05, 4.69) is 0 Å². The molecule has 0 amide bonds. The van der Waals surface area contributed by atoms with Crippen LogP contribution in [0.15, 0.2) is 29.2 Å². The van der Waals surface area contributed by atoms with Crippen LogP contribution in [0.3, 0.4) is 0 Å². The van der Waals surface area contributed by atoms with Crippen LogP contribution in [-0.4, -0.2) is 31.8 Å². The van der Waals surface area contributed by atoms with Crippen LogP contribution in [0.1, 0.15) is 18.9 Å². The first-order valence-corrected chi connectivity index (χ1v) is 7.63. The van der Waals surface area contributed by atoms with Gasteiger partial charge < -0.3 is 10.5 Å². The molecule has 0 unspecified atom stereocenters. The van der Waals surface area contributed by atoms with Crippen molar-refractivity contribution in [3.63, 3.8) is 0 Å². The zero-order valence-corrected chi connectivity index (χ0v) is 11.7. The summed E-state index contributed by atoms with van der Waals surface area (Å²) < 4.78 is 29.5. The second-order valence-electron chi connectivity index (χ2n) is 4.81. The van der Waals surface area contributed by atoms with Crippen LogP contribution in [0.4, 0.5) is 0 Å². The van der Waals surface area contributed by atoms with Crippen molar-refractivity contribution >= 4 is 15.8 Å². The van der Waals surface area contributed by atoms with E-state index in [4.69, 9.17) is 10.5 Å². The van der Waals surface area contributed by atoms with Crippen molar-refractivity contribution in [2.24, 2.45) is 5.73 Å². The molecule has 0 aromatic heterocycles. The van der Waals surface area contributed by atoms with Crippen molar-refractivity contribution < 1.29 is 17.9 Å². The van der Waals surface area contributed by atoms with Gasteiger partial charge in [0.25, 0.3) is 0 Å². The van der Waals surface area contributed by atoms with Crippen LogP contribution in [0, 0.1) is 6.92 Å². The third kappa shape index (κ3) is 2.37. The van der Waals surface area contributed by atoms with Gasteiger partial charge >= 0.3 is 5.97 Å². The topological polar surface area (TPSA) is 86.5 Å². The fourth-order valence-electron chi connectivity index (χ4n) is 2.01. The van der Waals surface area contributed by atoms with Crippen molar-refractivity contribution in [2.75, 3.05) is 6.61 Å². The van der Waals surface area contributed by atoms with Crippen LogP contribution in [0.25, 0.3) is 0 Å². The Bertz CT molecular complexity index is 594. The Morgan fingerprint density at radius 2 is 2.00 bits per heavy atom. The Kier molecular flexibility index (Phi) is 3.40. The molecular weight excluding hydrogens is 266 g/mol. The van der Waals surface area contributed by atoms with Gasteiger partial charge in [0.15, 0.2) is 9.84 Å². The van der Waals surface area contributed by atoms with E-state index in [0.29, 0.717) is 0 Å². The summed E-state index contributed by atoms with van der Waals surface area (Å²) in [6.45, 7) is 3.72. The lowest BCUT2D eigenvalue weighted by Crippen LogP contribution is -2.40. The fraction of sp³-hybridized carbons (Fsp3) is 0.462. The first-order chi connectivity index (χ1) is 8.82. The quantitative estimate of drug-likeness (QED) is 0.826. The van der Waals surface area contributed by atoms with Crippen molar-refractivity contribution in [1.29, 1.82) is 0 Å². The van der Waals surface area contributed by atoms with E-state index in [-0.39, 0.29) is 17.9 Å². The summed E-state index contributed by atoms with van der Waals surface area (Å²) in [5.41, 5.74) is 5.40. The van der Waals surface area contributed by atoms with Crippen molar-refractivity contribution in [3.05, 3.63) is 29.8 Å². The molecule has 1 aliphatic rings. The zero-order valence-electron chi connectivity index (χ0n) is 10.9. The average molecular weight is 283 g/mol. The highest BCUT2D eigenvalue weighted by Crippen LogP contribution is 2.43. The number of rotatable bonds is 4. The number of hydrogen-bond donors (Lipinski definition) is 1. The normalized spacial score (nSPS) is 25.9. The smallest absolute Gasteiger partial charge is 0.327 e. The van der Waals surface area contributed by atoms with Gasteiger partial charge in [-0.15, -0.1) is 0 Å². The SMILES string of the molecule is CCOC(=O)[C@]1(N)C[C@H]1S(=O)(=O)c1ccc(C)cc1. The number of nitrogens with two attached hydrogens (primary N) is 1. The minimum Gasteiger partial charge on any atom is -0.465 e. The molecule has 2 rings (SSSR count). The van der Waals surface area contributed by atoms with Gasteiger partial charge in [-0.05, 0) is 32.4 Å². The second kappa shape index (κ2) is 4.61. The molecule has 1 aromatic carbocycles. The number of esters is 1. The Labute approximate surface area is 112 Å². The molecule has 2 atom stereocenters. The van der Waals surface area contributed by atoms with Gasteiger partial charge in [-0.2, -0.15) is 0 Å². The van der Waals surface area contributed by atoms with Crippen LogP contribution in [0.2, 0.25) is 0 Å².